The fourth-order valence-electron chi connectivity index (χ4n) is 2.63. The number of guanidine groups is 1. The first kappa shape index (κ1) is 14.9. The Balaban J connectivity index is 1.77. The normalized spacial score (nSPS) is 18.8. The van der Waals surface area contributed by atoms with Crippen molar-refractivity contribution < 1.29 is 4.42 Å². The van der Waals surface area contributed by atoms with Gasteiger partial charge in [-0.25, -0.2) is 10.8 Å². The molecule has 20 heavy (non-hydrogen) atoms. The van der Waals surface area contributed by atoms with Crippen molar-refractivity contribution >= 4 is 5.96 Å². The molecule has 4 N–H and O–H groups in total. The van der Waals surface area contributed by atoms with Gasteiger partial charge in [-0.05, 0) is 38.3 Å². The van der Waals surface area contributed by atoms with Gasteiger partial charge in [-0.2, -0.15) is 0 Å². The molecule has 5 heteroatoms. The Bertz CT molecular complexity index is 396. The van der Waals surface area contributed by atoms with Gasteiger partial charge >= 0.3 is 0 Å². The zero-order valence-corrected chi connectivity index (χ0v) is 12.3. The number of hydrogen-bond acceptors (Lipinski definition) is 3. The first-order valence-electron chi connectivity index (χ1n) is 7.61. The van der Waals surface area contributed by atoms with Crippen molar-refractivity contribution in [2.45, 2.75) is 64.0 Å². The smallest absolute Gasteiger partial charge is 0.206 e. The molecule has 5 nitrogen and oxygen atoms in total. The summed E-state index contributed by atoms with van der Waals surface area (Å²) >= 11 is 0. The fraction of sp³-hybridized carbons (Fsp3) is 0.667. The van der Waals surface area contributed by atoms with Gasteiger partial charge in [0.15, 0.2) is 0 Å². The largest absolute Gasteiger partial charge is 0.469 e. The van der Waals surface area contributed by atoms with Crippen LogP contribution in [0.4, 0.5) is 0 Å². The Kier molecular flexibility index (Phi) is 5.92. The lowest BCUT2D eigenvalue weighted by molar-refractivity contribution is 0.438. The van der Waals surface area contributed by atoms with E-state index >= 15 is 0 Å². The van der Waals surface area contributed by atoms with Gasteiger partial charge in [-0.15, -0.1) is 0 Å². The molecule has 1 aliphatic carbocycles. The third kappa shape index (κ3) is 4.89. The molecule has 0 saturated heterocycles. The standard InChI is InChI=1S/C15H26N4O/c1-12(9-10-14-8-5-11-20-14)17-15(19-16)18-13-6-3-2-4-7-13/h5,8,11-13H,2-4,6-7,9-10,16H2,1H3,(H2,17,18,19). The summed E-state index contributed by atoms with van der Waals surface area (Å²) in [6, 6.07) is 4.65. The Morgan fingerprint density at radius 3 is 2.90 bits per heavy atom. The van der Waals surface area contributed by atoms with Crippen LogP contribution < -0.4 is 16.6 Å². The van der Waals surface area contributed by atoms with E-state index in [1.54, 1.807) is 6.26 Å². The highest BCUT2D eigenvalue weighted by molar-refractivity contribution is 5.79. The number of nitrogens with one attached hydrogen (secondary N) is 2. The minimum atomic E-state index is 0.304. The first-order chi connectivity index (χ1) is 9.78. The molecular formula is C15H26N4O. The summed E-state index contributed by atoms with van der Waals surface area (Å²) in [6.45, 7) is 2.14. The lowest BCUT2D eigenvalue weighted by atomic mass is 9.96. The molecule has 1 saturated carbocycles. The lowest BCUT2D eigenvalue weighted by Gasteiger charge is -2.21. The number of aliphatic imine (C=N–C) groups is 1. The maximum Gasteiger partial charge on any atom is 0.206 e. The van der Waals surface area contributed by atoms with E-state index in [0.29, 0.717) is 18.0 Å². The zero-order chi connectivity index (χ0) is 14.2. The van der Waals surface area contributed by atoms with Gasteiger partial charge in [0.2, 0.25) is 5.96 Å². The summed E-state index contributed by atoms with van der Waals surface area (Å²) in [5, 5.41) is 3.35. The van der Waals surface area contributed by atoms with E-state index in [2.05, 4.69) is 22.7 Å². The van der Waals surface area contributed by atoms with E-state index in [0.717, 1.165) is 18.6 Å². The molecule has 0 spiro atoms. The van der Waals surface area contributed by atoms with Crippen LogP contribution in [-0.4, -0.2) is 18.0 Å². The van der Waals surface area contributed by atoms with Crippen molar-refractivity contribution in [1.82, 2.24) is 10.7 Å². The van der Waals surface area contributed by atoms with Crippen molar-refractivity contribution in [2.24, 2.45) is 10.8 Å². The monoisotopic (exact) mass is 278 g/mol. The predicted octanol–water partition coefficient (Wildman–Crippen LogP) is 2.34. The number of furan rings is 1. The van der Waals surface area contributed by atoms with E-state index in [4.69, 9.17) is 10.3 Å². The van der Waals surface area contributed by atoms with Crippen LogP contribution in [0.3, 0.4) is 0 Å². The third-order valence-electron chi connectivity index (χ3n) is 3.81. The van der Waals surface area contributed by atoms with Crippen LogP contribution >= 0.6 is 0 Å². The summed E-state index contributed by atoms with van der Waals surface area (Å²) in [4.78, 5) is 4.68. The average Bonchev–Trinajstić information content (AvgIpc) is 2.99. The second-order valence-electron chi connectivity index (χ2n) is 5.58. The molecule has 1 atom stereocenters. The molecule has 1 unspecified atom stereocenters. The first-order valence-corrected chi connectivity index (χ1v) is 7.61. The minimum Gasteiger partial charge on any atom is -0.469 e. The van der Waals surface area contributed by atoms with Gasteiger partial charge < -0.3 is 9.73 Å². The number of rotatable bonds is 5. The molecule has 0 amide bonds. The Hall–Kier alpha value is -1.49. The van der Waals surface area contributed by atoms with Crippen molar-refractivity contribution in [1.29, 1.82) is 0 Å². The highest BCUT2D eigenvalue weighted by atomic mass is 16.3. The van der Waals surface area contributed by atoms with Gasteiger partial charge in [-0.1, -0.05) is 19.3 Å². The molecule has 1 heterocycles. The molecule has 1 aliphatic rings. The van der Waals surface area contributed by atoms with Crippen LogP contribution in [-0.2, 0) is 6.42 Å². The van der Waals surface area contributed by atoms with Crippen LogP contribution in [0, 0.1) is 0 Å². The van der Waals surface area contributed by atoms with Crippen LogP contribution in [0.5, 0.6) is 0 Å². The quantitative estimate of drug-likeness (QED) is 0.334. The molecular weight excluding hydrogens is 252 g/mol. The van der Waals surface area contributed by atoms with Gasteiger partial charge in [0.1, 0.15) is 5.76 Å². The summed E-state index contributed by atoms with van der Waals surface area (Å²) in [5.74, 6) is 7.30. The second-order valence-corrected chi connectivity index (χ2v) is 5.58. The fourth-order valence-corrected chi connectivity index (χ4v) is 2.63. The molecule has 1 aromatic rings. The molecule has 1 fully saturated rings. The van der Waals surface area contributed by atoms with Crippen LogP contribution in [0.1, 0.15) is 51.2 Å². The number of aryl methyl sites for hydroxylation is 1. The van der Waals surface area contributed by atoms with E-state index in [-0.39, 0.29) is 0 Å². The summed E-state index contributed by atoms with van der Waals surface area (Å²) in [6.07, 6.45) is 9.86. The summed E-state index contributed by atoms with van der Waals surface area (Å²) in [7, 11) is 0. The Morgan fingerprint density at radius 2 is 2.25 bits per heavy atom. The third-order valence-corrected chi connectivity index (χ3v) is 3.81. The Labute approximate surface area is 121 Å². The molecule has 2 rings (SSSR count). The van der Waals surface area contributed by atoms with E-state index in [9.17, 15) is 0 Å². The zero-order valence-electron chi connectivity index (χ0n) is 12.3. The average molecular weight is 278 g/mol. The highest BCUT2D eigenvalue weighted by Crippen LogP contribution is 2.20. The number of hydrazine groups is 1. The maximum absolute atomic E-state index is 5.57. The van der Waals surface area contributed by atoms with Crippen molar-refractivity contribution in [2.75, 3.05) is 0 Å². The Morgan fingerprint density at radius 1 is 1.45 bits per heavy atom. The molecule has 112 valence electrons. The summed E-state index contributed by atoms with van der Waals surface area (Å²) in [5.41, 5.74) is 2.69. The van der Waals surface area contributed by atoms with Crippen molar-refractivity contribution in [3.8, 4) is 0 Å². The van der Waals surface area contributed by atoms with Crippen LogP contribution in [0.15, 0.2) is 27.8 Å². The van der Waals surface area contributed by atoms with Gasteiger partial charge in [0, 0.05) is 12.5 Å². The topological polar surface area (TPSA) is 75.6 Å². The van der Waals surface area contributed by atoms with Crippen molar-refractivity contribution in [3.05, 3.63) is 24.2 Å². The molecule has 0 radical (unpaired) electrons. The summed E-state index contributed by atoms with van der Waals surface area (Å²) < 4.78 is 5.34. The molecule has 0 bridgehead atoms. The van der Waals surface area contributed by atoms with Gasteiger partial charge in [-0.3, -0.25) is 5.43 Å². The predicted molar refractivity (Wildman–Crippen MR) is 81.3 cm³/mol. The highest BCUT2D eigenvalue weighted by Gasteiger charge is 2.14. The number of nitrogens with zero attached hydrogens (tertiary/aromatic N) is 1. The molecule has 1 aromatic heterocycles. The van der Waals surface area contributed by atoms with Crippen LogP contribution in [0.25, 0.3) is 0 Å². The van der Waals surface area contributed by atoms with E-state index < -0.39 is 0 Å². The molecule has 0 aromatic carbocycles. The number of hydrogen-bond donors (Lipinski definition) is 3. The van der Waals surface area contributed by atoms with Crippen molar-refractivity contribution in [3.63, 3.8) is 0 Å². The number of nitrogens with two attached hydrogens (primary N) is 1. The molecule has 0 aliphatic heterocycles. The van der Waals surface area contributed by atoms with Gasteiger partial charge in [0.05, 0.1) is 12.3 Å². The lowest BCUT2D eigenvalue weighted by Crippen LogP contribution is -2.46. The minimum absolute atomic E-state index is 0.304. The van der Waals surface area contributed by atoms with E-state index in [1.807, 2.05) is 12.1 Å². The van der Waals surface area contributed by atoms with Gasteiger partial charge in [0.25, 0.3) is 0 Å². The SMILES string of the molecule is CC(CCc1ccco1)NC(=NC1CCCCC1)NN. The maximum atomic E-state index is 5.57. The van der Waals surface area contributed by atoms with Crippen LogP contribution in [0.2, 0.25) is 0 Å². The van der Waals surface area contributed by atoms with E-state index in [1.165, 1.54) is 32.1 Å². The second kappa shape index (κ2) is 7.94.